The molecule has 3 heterocycles. The molecule has 2 aromatic heterocycles. The van der Waals surface area contributed by atoms with Gasteiger partial charge in [-0.05, 0) is 72.9 Å². The highest BCUT2D eigenvalue weighted by Gasteiger charge is 2.26. The van der Waals surface area contributed by atoms with Crippen LogP contribution in [0.5, 0.6) is 0 Å². The van der Waals surface area contributed by atoms with Gasteiger partial charge < -0.3 is 15.2 Å². The van der Waals surface area contributed by atoms with Crippen LogP contribution in [0, 0.1) is 0 Å². The largest absolute Gasteiger partial charge is 0.361 e. The van der Waals surface area contributed by atoms with Crippen molar-refractivity contribution in [3.63, 3.8) is 0 Å². The predicted octanol–water partition coefficient (Wildman–Crippen LogP) is 6.21. The Balaban J connectivity index is 1.15. The topological polar surface area (TPSA) is 65.2 Å². The number of piperidine rings is 1. The summed E-state index contributed by atoms with van der Waals surface area (Å²) in [4.78, 5) is 32.1. The normalized spacial score (nSPS) is 14.4. The van der Waals surface area contributed by atoms with Crippen LogP contribution in [0.15, 0.2) is 72.2 Å². The summed E-state index contributed by atoms with van der Waals surface area (Å²) in [6, 6.07) is 19.8. The van der Waals surface area contributed by atoms with Crippen molar-refractivity contribution >= 4 is 39.7 Å². The number of fused-ring (bicyclic) bond motifs is 1. The number of benzene rings is 2. The summed E-state index contributed by atoms with van der Waals surface area (Å²) >= 11 is 1.72. The molecule has 0 spiro atoms. The molecule has 0 bridgehead atoms. The van der Waals surface area contributed by atoms with Crippen molar-refractivity contribution in [2.24, 2.45) is 0 Å². The first-order valence-corrected chi connectivity index (χ1v) is 12.8. The minimum atomic E-state index is -0.0132. The minimum Gasteiger partial charge on any atom is -0.361 e. The number of hydrogen-bond acceptors (Lipinski definition) is 3. The van der Waals surface area contributed by atoms with Crippen molar-refractivity contribution in [3.8, 4) is 0 Å². The molecule has 0 aliphatic carbocycles. The number of aromatic amines is 1. The number of thiophene rings is 1. The van der Waals surface area contributed by atoms with Crippen LogP contribution in [0.1, 0.15) is 52.4 Å². The molecule has 2 N–H and O–H groups in total. The molecular weight excluding hydrogens is 442 g/mol. The number of likely N-dealkylation sites (tertiary alicyclic amines) is 1. The molecule has 2 amide bonds. The van der Waals surface area contributed by atoms with Gasteiger partial charge in [0.1, 0.15) is 0 Å². The minimum absolute atomic E-state index is 0.0132. The molecule has 1 saturated heterocycles. The second-order valence-electron chi connectivity index (χ2n) is 8.92. The lowest BCUT2D eigenvalue weighted by molar-refractivity contribution is -0.116. The summed E-state index contributed by atoms with van der Waals surface area (Å²) in [5.74, 6) is 0.479. The van der Waals surface area contributed by atoms with E-state index in [0.29, 0.717) is 23.6 Å². The number of nitrogens with zero attached hydrogens (tertiary/aromatic N) is 1. The standard InChI is InChI=1S/C28H29N3O2S/c32-27(12-4-8-23-9-5-17-34-23)30-22-7-3-6-21(18-22)28(33)31-15-13-20(14-16-31)25-19-29-26-11-2-1-10-24(25)26/h1-3,5-7,9-11,17-20,29H,4,8,12-16H2,(H,30,32). The quantitative estimate of drug-likeness (QED) is 0.336. The molecule has 0 saturated carbocycles. The third-order valence-corrected chi connectivity index (χ3v) is 7.58. The van der Waals surface area contributed by atoms with E-state index in [1.54, 1.807) is 17.4 Å². The van der Waals surface area contributed by atoms with Gasteiger partial charge in [0, 0.05) is 52.7 Å². The van der Waals surface area contributed by atoms with Crippen LogP contribution in [-0.4, -0.2) is 34.8 Å². The Kier molecular flexibility index (Phi) is 6.77. The Bertz CT molecular complexity index is 1270. The van der Waals surface area contributed by atoms with Gasteiger partial charge in [-0.15, -0.1) is 11.3 Å². The molecule has 2 aromatic carbocycles. The Labute approximate surface area is 203 Å². The smallest absolute Gasteiger partial charge is 0.253 e. The zero-order valence-electron chi connectivity index (χ0n) is 19.1. The summed E-state index contributed by atoms with van der Waals surface area (Å²) in [6.07, 6.45) is 6.23. The fraction of sp³-hybridized carbons (Fsp3) is 0.286. The molecule has 5 rings (SSSR count). The second-order valence-corrected chi connectivity index (χ2v) is 9.95. The van der Waals surface area contributed by atoms with E-state index in [9.17, 15) is 9.59 Å². The van der Waals surface area contributed by atoms with Gasteiger partial charge >= 0.3 is 0 Å². The average Bonchev–Trinajstić information content (AvgIpc) is 3.54. The van der Waals surface area contributed by atoms with Gasteiger partial charge in [-0.3, -0.25) is 9.59 Å². The van der Waals surface area contributed by atoms with Crippen molar-refractivity contribution in [3.05, 3.63) is 88.2 Å². The molecule has 1 aliphatic rings. The fourth-order valence-electron chi connectivity index (χ4n) is 4.84. The van der Waals surface area contributed by atoms with Crippen LogP contribution in [0.2, 0.25) is 0 Å². The van der Waals surface area contributed by atoms with Crippen molar-refractivity contribution in [2.45, 2.75) is 38.0 Å². The number of amides is 2. The van der Waals surface area contributed by atoms with E-state index in [-0.39, 0.29) is 11.8 Å². The monoisotopic (exact) mass is 471 g/mol. The van der Waals surface area contributed by atoms with Crippen LogP contribution in [0.3, 0.4) is 0 Å². The first-order valence-electron chi connectivity index (χ1n) is 11.9. The SMILES string of the molecule is O=C(CCCc1cccs1)Nc1cccc(C(=O)N2CCC(c3c[nH]c4ccccc34)CC2)c1. The van der Waals surface area contributed by atoms with E-state index in [1.807, 2.05) is 35.2 Å². The van der Waals surface area contributed by atoms with Crippen molar-refractivity contribution in [2.75, 3.05) is 18.4 Å². The Morgan fingerprint density at radius 1 is 1.03 bits per heavy atom. The third kappa shape index (κ3) is 5.07. The van der Waals surface area contributed by atoms with Gasteiger partial charge in [0.2, 0.25) is 5.91 Å². The second kappa shape index (κ2) is 10.3. The Morgan fingerprint density at radius 2 is 1.88 bits per heavy atom. The summed E-state index contributed by atoms with van der Waals surface area (Å²) in [6.45, 7) is 1.48. The van der Waals surface area contributed by atoms with Crippen molar-refractivity contribution < 1.29 is 9.59 Å². The lowest BCUT2D eigenvalue weighted by atomic mass is 9.89. The highest BCUT2D eigenvalue weighted by Crippen LogP contribution is 2.33. The zero-order chi connectivity index (χ0) is 23.3. The van der Waals surface area contributed by atoms with Gasteiger partial charge in [0.05, 0.1) is 0 Å². The van der Waals surface area contributed by atoms with Gasteiger partial charge in [-0.1, -0.05) is 30.3 Å². The number of anilines is 1. The van der Waals surface area contributed by atoms with Crippen LogP contribution in [0.4, 0.5) is 5.69 Å². The molecule has 0 atom stereocenters. The third-order valence-electron chi connectivity index (χ3n) is 6.64. The van der Waals surface area contributed by atoms with Crippen LogP contribution in [0.25, 0.3) is 10.9 Å². The highest BCUT2D eigenvalue weighted by molar-refractivity contribution is 7.09. The number of H-pyrrole nitrogens is 1. The number of hydrogen-bond donors (Lipinski definition) is 2. The van der Waals surface area contributed by atoms with Gasteiger partial charge in [0.15, 0.2) is 0 Å². The zero-order valence-corrected chi connectivity index (χ0v) is 19.9. The molecule has 174 valence electrons. The Hall–Kier alpha value is -3.38. The predicted molar refractivity (Wildman–Crippen MR) is 139 cm³/mol. The fourth-order valence-corrected chi connectivity index (χ4v) is 5.59. The number of para-hydroxylation sites is 1. The molecule has 0 unspecified atom stereocenters. The lowest BCUT2D eigenvalue weighted by Crippen LogP contribution is -2.37. The molecular formula is C28H29N3O2S. The average molecular weight is 472 g/mol. The molecule has 1 fully saturated rings. The molecule has 4 aromatic rings. The number of aromatic nitrogens is 1. The maximum Gasteiger partial charge on any atom is 0.253 e. The van der Waals surface area contributed by atoms with Crippen molar-refractivity contribution in [1.82, 2.24) is 9.88 Å². The highest BCUT2D eigenvalue weighted by atomic mass is 32.1. The molecule has 34 heavy (non-hydrogen) atoms. The molecule has 5 nitrogen and oxygen atoms in total. The maximum atomic E-state index is 13.2. The van der Waals surface area contributed by atoms with E-state index in [1.165, 1.54) is 21.3 Å². The lowest BCUT2D eigenvalue weighted by Gasteiger charge is -2.32. The van der Waals surface area contributed by atoms with E-state index in [0.717, 1.165) is 38.8 Å². The van der Waals surface area contributed by atoms with Crippen LogP contribution >= 0.6 is 11.3 Å². The van der Waals surface area contributed by atoms with Crippen LogP contribution < -0.4 is 5.32 Å². The van der Waals surface area contributed by atoms with Gasteiger partial charge in [0.25, 0.3) is 5.91 Å². The number of rotatable bonds is 7. The van der Waals surface area contributed by atoms with E-state index < -0.39 is 0 Å². The first-order chi connectivity index (χ1) is 16.7. The van der Waals surface area contributed by atoms with E-state index in [2.05, 4.69) is 46.1 Å². The molecule has 0 radical (unpaired) electrons. The number of carbonyl (C=O) groups excluding carboxylic acids is 2. The summed E-state index contributed by atoms with van der Waals surface area (Å²) < 4.78 is 0. The molecule has 1 aliphatic heterocycles. The maximum absolute atomic E-state index is 13.2. The van der Waals surface area contributed by atoms with Crippen molar-refractivity contribution in [1.29, 1.82) is 0 Å². The van der Waals surface area contributed by atoms with E-state index in [4.69, 9.17) is 0 Å². The summed E-state index contributed by atoms with van der Waals surface area (Å²) in [5.41, 5.74) is 3.83. The number of nitrogens with one attached hydrogen (secondary N) is 2. The van der Waals surface area contributed by atoms with Gasteiger partial charge in [-0.25, -0.2) is 0 Å². The Morgan fingerprint density at radius 3 is 2.71 bits per heavy atom. The number of aryl methyl sites for hydroxylation is 1. The first kappa shape index (κ1) is 22.4. The van der Waals surface area contributed by atoms with Crippen LogP contribution in [-0.2, 0) is 11.2 Å². The molecule has 6 heteroatoms. The summed E-state index contributed by atoms with van der Waals surface area (Å²) in [5, 5.41) is 6.29. The van der Waals surface area contributed by atoms with Gasteiger partial charge in [-0.2, -0.15) is 0 Å². The number of carbonyl (C=O) groups is 2. The summed E-state index contributed by atoms with van der Waals surface area (Å²) in [7, 11) is 0. The van der Waals surface area contributed by atoms with E-state index >= 15 is 0 Å².